The second-order valence-corrected chi connectivity index (χ2v) is 9.20. The quantitative estimate of drug-likeness (QED) is 0.318. The molecule has 2 amide bonds. The summed E-state index contributed by atoms with van der Waals surface area (Å²) in [6.45, 7) is 4.25. The molecule has 4 heterocycles. The maximum atomic E-state index is 13.2. The summed E-state index contributed by atoms with van der Waals surface area (Å²) in [4.78, 5) is 35.0. The number of amides is 2. The summed E-state index contributed by atoms with van der Waals surface area (Å²) >= 11 is 0. The van der Waals surface area contributed by atoms with Crippen LogP contribution in [-0.2, 0) is 11.3 Å². The molecule has 12 nitrogen and oxygen atoms in total. The third-order valence-electron chi connectivity index (χ3n) is 6.49. The summed E-state index contributed by atoms with van der Waals surface area (Å²) in [7, 11) is 1.64. The number of carboxylic acid groups (broad SMARTS) is 1. The van der Waals surface area contributed by atoms with Gasteiger partial charge in [-0.05, 0) is 44.0 Å². The number of nitrogens with one attached hydrogen (secondary N) is 2. The predicted molar refractivity (Wildman–Crippen MR) is 140 cm³/mol. The topological polar surface area (TPSA) is 148 Å². The van der Waals surface area contributed by atoms with Crippen molar-refractivity contribution in [2.24, 2.45) is 0 Å². The number of fused-ring (bicyclic) bond motifs is 1. The molecule has 0 saturated carbocycles. The predicted octanol–water partition coefficient (Wildman–Crippen LogP) is 3.53. The van der Waals surface area contributed by atoms with E-state index >= 15 is 0 Å². The van der Waals surface area contributed by atoms with Gasteiger partial charge in [0.05, 0.1) is 30.0 Å². The van der Waals surface area contributed by atoms with Crippen LogP contribution in [-0.4, -0.2) is 69.7 Å². The molecule has 38 heavy (non-hydrogen) atoms. The number of hydrogen-bond donors (Lipinski definition) is 3. The highest BCUT2D eigenvalue weighted by atomic mass is 16.5. The Kier molecular flexibility index (Phi) is 7.22. The van der Waals surface area contributed by atoms with Gasteiger partial charge in [0.1, 0.15) is 6.26 Å². The number of rotatable bonds is 8. The smallest absolute Gasteiger partial charge is 0.404 e. The lowest BCUT2D eigenvalue weighted by atomic mass is 10.0. The minimum Gasteiger partial charge on any atom is -0.465 e. The third kappa shape index (κ3) is 5.59. The zero-order chi connectivity index (χ0) is 26.6. The number of carbonyl (C=O) groups is 2. The molecule has 1 saturated heterocycles. The fourth-order valence-corrected chi connectivity index (χ4v) is 4.59. The molecule has 1 aliphatic rings. The third-order valence-corrected chi connectivity index (χ3v) is 6.49. The minimum absolute atomic E-state index is 0.107. The van der Waals surface area contributed by atoms with E-state index in [1.54, 1.807) is 19.4 Å². The van der Waals surface area contributed by atoms with Gasteiger partial charge in [-0.2, -0.15) is 5.10 Å². The Morgan fingerprint density at radius 1 is 1.24 bits per heavy atom. The normalized spacial score (nSPS) is 14.1. The Bertz CT molecular complexity index is 1460. The SMILES string of the molecule is COCCn1cc2cc(NC(=O)c3coc(-c4ccnc(C)c4)n3)c(N3CCC(NC(=O)O)CC3)cc2n1. The Balaban J connectivity index is 1.42. The van der Waals surface area contributed by atoms with E-state index in [2.05, 4.69) is 30.6 Å². The molecule has 5 rings (SSSR count). The Morgan fingerprint density at radius 2 is 2.05 bits per heavy atom. The molecule has 0 aliphatic carbocycles. The van der Waals surface area contributed by atoms with Crippen LogP contribution in [0.1, 0.15) is 29.0 Å². The molecule has 1 fully saturated rings. The molecular weight excluding hydrogens is 490 g/mol. The zero-order valence-electron chi connectivity index (χ0n) is 21.2. The minimum atomic E-state index is -1.02. The summed E-state index contributed by atoms with van der Waals surface area (Å²) in [6.07, 6.45) is 5.20. The first-order chi connectivity index (χ1) is 18.4. The van der Waals surface area contributed by atoms with Gasteiger partial charge in [0.15, 0.2) is 5.69 Å². The summed E-state index contributed by atoms with van der Waals surface area (Å²) in [5.74, 6) is -0.0654. The summed E-state index contributed by atoms with van der Waals surface area (Å²) in [5.41, 5.74) is 3.92. The van der Waals surface area contributed by atoms with Crippen molar-refractivity contribution in [3.63, 3.8) is 0 Å². The van der Waals surface area contributed by atoms with Crippen LogP contribution in [0.2, 0.25) is 0 Å². The maximum absolute atomic E-state index is 13.2. The number of nitrogens with zero attached hydrogens (tertiary/aromatic N) is 5. The second kappa shape index (κ2) is 10.9. The molecule has 3 N–H and O–H groups in total. The molecule has 0 radical (unpaired) electrons. The number of ether oxygens (including phenoxy) is 1. The van der Waals surface area contributed by atoms with Crippen molar-refractivity contribution in [2.45, 2.75) is 32.4 Å². The van der Waals surface area contributed by atoms with Crippen LogP contribution in [0.5, 0.6) is 0 Å². The molecule has 0 atom stereocenters. The van der Waals surface area contributed by atoms with Crippen molar-refractivity contribution in [1.82, 2.24) is 25.1 Å². The number of pyridine rings is 1. The van der Waals surface area contributed by atoms with Gasteiger partial charge < -0.3 is 29.8 Å². The van der Waals surface area contributed by atoms with E-state index in [0.717, 1.165) is 27.8 Å². The van der Waals surface area contributed by atoms with Crippen molar-refractivity contribution in [3.05, 3.63) is 54.3 Å². The van der Waals surface area contributed by atoms with Crippen molar-refractivity contribution in [3.8, 4) is 11.5 Å². The molecule has 1 aromatic carbocycles. The van der Waals surface area contributed by atoms with Crippen LogP contribution in [0, 0.1) is 6.92 Å². The monoisotopic (exact) mass is 519 g/mol. The fourth-order valence-electron chi connectivity index (χ4n) is 4.59. The van der Waals surface area contributed by atoms with Gasteiger partial charge >= 0.3 is 6.09 Å². The van der Waals surface area contributed by atoms with E-state index in [1.165, 1.54) is 6.26 Å². The lowest BCUT2D eigenvalue weighted by Gasteiger charge is -2.34. The molecule has 0 unspecified atom stereocenters. The summed E-state index contributed by atoms with van der Waals surface area (Å²) < 4.78 is 12.6. The number of carbonyl (C=O) groups excluding carboxylic acids is 1. The van der Waals surface area contributed by atoms with E-state index < -0.39 is 12.0 Å². The first-order valence-electron chi connectivity index (χ1n) is 12.3. The molecule has 12 heteroatoms. The molecule has 0 spiro atoms. The number of piperidine rings is 1. The van der Waals surface area contributed by atoms with Crippen LogP contribution in [0.3, 0.4) is 0 Å². The maximum Gasteiger partial charge on any atom is 0.404 e. The summed E-state index contributed by atoms with van der Waals surface area (Å²) in [6, 6.07) is 7.35. The first kappa shape index (κ1) is 25.2. The van der Waals surface area contributed by atoms with Gasteiger partial charge in [-0.3, -0.25) is 14.5 Å². The zero-order valence-corrected chi connectivity index (χ0v) is 21.2. The van der Waals surface area contributed by atoms with Crippen molar-refractivity contribution < 1.29 is 23.8 Å². The van der Waals surface area contributed by atoms with E-state index in [9.17, 15) is 9.59 Å². The van der Waals surface area contributed by atoms with E-state index in [0.29, 0.717) is 50.7 Å². The van der Waals surface area contributed by atoms with Crippen molar-refractivity contribution >= 4 is 34.3 Å². The van der Waals surface area contributed by atoms with Crippen molar-refractivity contribution in [1.29, 1.82) is 0 Å². The molecule has 3 aromatic heterocycles. The lowest BCUT2D eigenvalue weighted by Crippen LogP contribution is -2.44. The number of benzene rings is 1. The summed E-state index contributed by atoms with van der Waals surface area (Å²) in [5, 5.41) is 20.2. The number of aryl methyl sites for hydroxylation is 1. The number of anilines is 2. The van der Waals surface area contributed by atoms with E-state index in [4.69, 9.17) is 14.3 Å². The number of aromatic nitrogens is 4. The number of methoxy groups -OCH3 is 1. The molecule has 0 bridgehead atoms. The standard InChI is InChI=1S/C26H29N7O5/c1-16-11-17(3-6-27-16)25-30-22(15-38-25)24(34)29-21-12-18-14-33(9-10-37-2)31-20(18)13-23(21)32-7-4-19(5-8-32)28-26(35)36/h3,6,11-15,19,28H,4-5,7-10H2,1-2H3,(H,29,34)(H,35,36). The van der Waals surface area contributed by atoms with Gasteiger partial charge in [0, 0.05) is 55.3 Å². The first-order valence-corrected chi connectivity index (χ1v) is 12.3. The van der Waals surface area contributed by atoms with Crippen LogP contribution in [0.25, 0.3) is 22.4 Å². The molecule has 4 aromatic rings. The van der Waals surface area contributed by atoms with Crippen LogP contribution in [0.15, 0.2) is 47.3 Å². The van der Waals surface area contributed by atoms with Crippen LogP contribution < -0.4 is 15.5 Å². The van der Waals surface area contributed by atoms with Crippen LogP contribution >= 0.6 is 0 Å². The second-order valence-electron chi connectivity index (χ2n) is 9.20. The highest BCUT2D eigenvalue weighted by molar-refractivity contribution is 6.06. The van der Waals surface area contributed by atoms with E-state index in [1.807, 2.05) is 36.0 Å². The highest BCUT2D eigenvalue weighted by Gasteiger charge is 2.24. The van der Waals surface area contributed by atoms with Crippen LogP contribution in [0.4, 0.5) is 16.2 Å². The van der Waals surface area contributed by atoms with Gasteiger partial charge in [-0.15, -0.1) is 0 Å². The molecule has 198 valence electrons. The molecular formula is C26H29N7O5. The van der Waals surface area contributed by atoms with Crippen molar-refractivity contribution in [2.75, 3.05) is 37.0 Å². The Morgan fingerprint density at radius 3 is 2.79 bits per heavy atom. The number of hydrogen-bond acceptors (Lipinski definition) is 8. The van der Waals surface area contributed by atoms with Gasteiger partial charge in [-0.1, -0.05) is 0 Å². The lowest BCUT2D eigenvalue weighted by molar-refractivity contribution is 0.102. The fraction of sp³-hybridized carbons (Fsp3) is 0.346. The largest absolute Gasteiger partial charge is 0.465 e. The van der Waals surface area contributed by atoms with Gasteiger partial charge in [0.25, 0.3) is 5.91 Å². The Labute approximate surface area is 218 Å². The Hall–Kier alpha value is -4.45. The van der Waals surface area contributed by atoms with Gasteiger partial charge in [-0.25, -0.2) is 9.78 Å². The average Bonchev–Trinajstić information content (AvgIpc) is 3.54. The highest BCUT2D eigenvalue weighted by Crippen LogP contribution is 2.33. The van der Waals surface area contributed by atoms with E-state index in [-0.39, 0.29) is 11.7 Å². The number of oxazole rings is 1. The average molecular weight is 520 g/mol. The molecule has 1 aliphatic heterocycles. The van der Waals surface area contributed by atoms with Gasteiger partial charge in [0.2, 0.25) is 5.89 Å².